The van der Waals surface area contributed by atoms with Crippen LogP contribution in [0.5, 0.6) is 0 Å². The molecule has 0 spiro atoms. The lowest BCUT2D eigenvalue weighted by Gasteiger charge is -1.97. The summed E-state index contributed by atoms with van der Waals surface area (Å²) in [5, 5.41) is 0. The van der Waals surface area contributed by atoms with Gasteiger partial charge in [-0.2, -0.15) is 0 Å². The van der Waals surface area contributed by atoms with Gasteiger partial charge in [0, 0.05) is 67.8 Å². The van der Waals surface area contributed by atoms with E-state index < -0.39 is 0 Å². The Labute approximate surface area is 83.2 Å². The van der Waals surface area contributed by atoms with E-state index in [1.807, 2.05) is 0 Å². The van der Waals surface area contributed by atoms with Crippen molar-refractivity contribution in [1.82, 2.24) is 0 Å². The third-order valence-electron chi connectivity index (χ3n) is 0. The number of hydrogen-bond acceptors (Lipinski definition) is 0. The molecule has 0 aromatic heterocycles. The van der Waals surface area contributed by atoms with Crippen LogP contribution in [0.1, 0.15) is 14.9 Å². The number of hydrogen-bond donors (Lipinski definition) is 0. The summed E-state index contributed by atoms with van der Waals surface area (Å²) >= 11 is 0. The van der Waals surface area contributed by atoms with Gasteiger partial charge in [0.25, 0.3) is 0 Å². The molecule has 0 unspecified atom stereocenters. The lowest BCUT2D eigenvalue weighted by Crippen LogP contribution is -1.74. The molecule has 12 heavy (non-hydrogen) atoms. The van der Waals surface area contributed by atoms with Crippen LogP contribution in [-0.4, -0.2) is 53.3 Å². The Bertz CT molecular complexity index is 50.8. The fourth-order valence-electron chi connectivity index (χ4n) is 0. The Morgan fingerprint density at radius 1 is 0.417 bits per heavy atom. The highest BCUT2D eigenvalue weighted by molar-refractivity contribution is 7.73. The van der Waals surface area contributed by atoms with Crippen LogP contribution in [0.3, 0.4) is 0 Å². The molecule has 0 heterocycles. The van der Waals surface area contributed by atoms with E-state index in [1.165, 1.54) is 0 Å². The van der Waals surface area contributed by atoms with E-state index in [2.05, 4.69) is 53.3 Å². The molecule has 2 heteroatoms. The van der Waals surface area contributed by atoms with Gasteiger partial charge in [0.15, 0.2) is 0 Å². The first-order valence-electron chi connectivity index (χ1n) is 3.58. The second-order valence-corrected chi connectivity index (χ2v) is 16.1. The average molecular weight is 214 g/mol. The second kappa shape index (κ2) is 8.46. The minimum Gasteiger partial charge on any atom is -0.0776 e. The predicted octanol–water partition coefficient (Wildman–Crippen LogP) is 4.32. The maximum atomic E-state index is 2.30. The first-order valence-corrected chi connectivity index (χ1v) is 10.7. The molecule has 0 aliphatic carbocycles. The lowest BCUT2D eigenvalue weighted by molar-refractivity contribution is 1.95. The van der Waals surface area contributed by atoms with E-state index >= 15 is 0 Å². The van der Waals surface area contributed by atoms with Gasteiger partial charge < -0.3 is 0 Å². The summed E-state index contributed by atoms with van der Waals surface area (Å²) < 4.78 is 0. The third kappa shape index (κ3) is 1430. The largest absolute Gasteiger partial charge is 0.0776 e. The van der Waals surface area contributed by atoms with E-state index in [-0.39, 0.29) is 29.4 Å². The molecule has 0 radical (unpaired) electrons. The first-order chi connectivity index (χ1) is 4.00. The van der Waals surface area contributed by atoms with Crippen molar-refractivity contribution in [2.45, 2.75) is 14.9 Å². The highest BCUT2D eigenvalue weighted by Crippen LogP contribution is 2.40. The molecule has 0 fully saturated rings. The molecule has 0 amide bonds. The van der Waals surface area contributed by atoms with Gasteiger partial charge >= 0.3 is 0 Å². The molecule has 0 aliphatic rings. The fraction of sp³-hybridized carbons (Fsp3) is 1.00. The first kappa shape index (κ1) is 23.0. The SMILES string of the molecule is C.C.C[P+](C)(C)C.C[P+](C)(C)C. The maximum Gasteiger partial charge on any atom is 0.0481 e. The van der Waals surface area contributed by atoms with Gasteiger partial charge in [0.2, 0.25) is 0 Å². The Morgan fingerprint density at radius 2 is 0.417 bits per heavy atom. The summed E-state index contributed by atoms with van der Waals surface area (Å²) in [6, 6.07) is 0. The molecule has 0 saturated heterocycles. The zero-order valence-electron chi connectivity index (χ0n) is 8.89. The molecule has 0 nitrogen and oxygen atoms in total. The van der Waals surface area contributed by atoms with E-state index in [1.54, 1.807) is 0 Å². The molecule has 0 aliphatic heterocycles. The van der Waals surface area contributed by atoms with Gasteiger partial charge in [-0.15, -0.1) is 0 Å². The topological polar surface area (TPSA) is 0 Å². The van der Waals surface area contributed by atoms with Crippen LogP contribution in [0.2, 0.25) is 0 Å². The minimum absolute atomic E-state index is 0. The van der Waals surface area contributed by atoms with E-state index in [0.717, 1.165) is 0 Å². The Balaban J connectivity index is -0.0000000457. The van der Waals surface area contributed by atoms with Crippen molar-refractivity contribution >= 4 is 14.5 Å². The predicted molar refractivity (Wildman–Crippen MR) is 74.7 cm³/mol. The summed E-state index contributed by atoms with van der Waals surface area (Å²) in [7, 11) is -0.778. The highest BCUT2D eigenvalue weighted by atomic mass is 31.2. The Hall–Kier alpha value is 0.860. The van der Waals surface area contributed by atoms with Crippen LogP contribution in [-0.2, 0) is 0 Å². The van der Waals surface area contributed by atoms with Crippen LogP contribution in [0.4, 0.5) is 0 Å². The molecular formula is C10H32P2+2. The van der Waals surface area contributed by atoms with Crippen molar-refractivity contribution in [3.8, 4) is 0 Å². The third-order valence-corrected chi connectivity index (χ3v) is 0. The van der Waals surface area contributed by atoms with Gasteiger partial charge in [-0.1, -0.05) is 14.9 Å². The zero-order chi connectivity index (χ0) is 9.00. The van der Waals surface area contributed by atoms with Crippen LogP contribution in [0.15, 0.2) is 0 Å². The molecular weight excluding hydrogens is 182 g/mol. The average Bonchev–Trinajstić information content (AvgIpc) is 1.12. The lowest BCUT2D eigenvalue weighted by atomic mass is 11.8. The van der Waals surface area contributed by atoms with Gasteiger partial charge in [-0.25, -0.2) is 0 Å². The normalized spacial score (nSPS) is 10.0. The van der Waals surface area contributed by atoms with E-state index in [0.29, 0.717) is 0 Å². The van der Waals surface area contributed by atoms with Crippen LogP contribution in [0, 0.1) is 0 Å². The van der Waals surface area contributed by atoms with Crippen molar-refractivity contribution in [3.63, 3.8) is 0 Å². The van der Waals surface area contributed by atoms with Crippen molar-refractivity contribution in [1.29, 1.82) is 0 Å². The quantitative estimate of drug-likeness (QED) is 0.527. The van der Waals surface area contributed by atoms with Gasteiger partial charge in [0.05, 0.1) is 0 Å². The van der Waals surface area contributed by atoms with Crippen LogP contribution in [0.25, 0.3) is 0 Å². The fourth-order valence-corrected chi connectivity index (χ4v) is 0. The van der Waals surface area contributed by atoms with E-state index in [4.69, 9.17) is 0 Å². The minimum atomic E-state index is -0.389. The monoisotopic (exact) mass is 214 g/mol. The Kier molecular flexibility index (Phi) is 16.2. The molecule has 0 atom stereocenters. The van der Waals surface area contributed by atoms with Crippen molar-refractivity contribution in [2.24, 2.45) is 0 Å². The van der Waals surface area contributed by atoms with Crippen molar-refractivity contribution < 1.29 is 0 Å². The summed E-state index contributed by atoms with van der Waals surface area (Å²) in [6.45, 7) is 18.4. The zero-order valence-corrected chi connectivity index (χ0v) is 10.7. The second-order valence-electron chi connectivity index (χ2n) is 5.37. The summed E-state index contributed by atoms with van der Waals surface area (Å²) in [6.07, 6.45) is 0. The molecule has 0 bridgehead atoms. The van der Waals surface area contributed by atoms with Gasteiger partial charge in [-0.05, 0) is 0 Å². The van der Waals surface area contributed by atoms with Gasteiger partial charge in [-0.3, -0.25) is 0 Å². The van der Waals surface area contributed by atoms with Crippen LogP contribution >= 0.6 is 14.5 Å². The van der Waals surface area contributed by atoms with Crippen LogP contribution < -0.4 is 0 Å². The van der Waals surface area contributed by atoms with Crippen molar-refractivity contribution in [3.05, 3.63) is 0 Å². The summed E-state index contributed by atoms with van der Waals surface area (Å²) in [4.78, 5) is 0. The maximum absolute atomic E-state index is 2.30. The smallest absolute Gasteiger partial charge is 0.0481 e. The van der Waals surface area contributed by atoms with Gasteiger partial charge in [0.1, 0.15) is 0 Å². The standard InChI is InChI=1S/2C4H12P.2CH4/c2*1-5(2,3)4;;/h2*1-4H3;2*1H4/q2*+1;;. The summed E-state index contributed by atoms with van der Waals surface area (Å²) in [5.41, 5.74) is 0. The summed E-state index contributed by atoms with van der Waals surface area (Å²) in [5.74, 6) is 0. The molecule has 80 valence electrons. The van der Waals surface area contributed by atoms with Crippen molar-refractivity contribution in [2.75, 3.05) is 53.3 Å². The molecule has 0 N–H and O–H groups in total. The number of rotatable bonds is 0. The Morgan fingerprint density at radius 3 is 0.417 bits per heavy atom. The molecule has 0 aromatic rings. The molecule has 0 aromatic carbocycles. The highest BCUT2D eigenvalue weighted by Gasteiger charge is 2.03. The van der Waals surface area contributed by atoms with E-state index in [9.17, 15) is 0 Å². The molecule has 0 rings (SSSR count). The molecule has 0 saturated carbocycles.